The molecular formula is C20H29N3O3S2. The summed E-state index contributed by atoms with van der Waals surface area (Å²) in [6, 6.07) is 0. The molecule has 1 fully saturated rings. The van der Waals surface area contributed by atoms with Crippen LogP contribution in [0.3, 0.4) is 0 Å². The lowest BCUT2D eigenvalue weighted by Gasteiger charge is -2.28. The number of aromatic nitrogens is 2. The van der Waals surface area contributed by atoms with Crippen molar-refractivity contribution in [1.29, 1.82) is 0 Å². The van der Waals surface area contributed by atoms with Crippen LogP contribution in [0.2, 0.25) is 0 Å². The molecule has 8 heteroatoms. The van der Waals surface area contributed by atoms with Gasteiger partial charge in [-0.2, -0.15) is 0 Å². The van der Waals surface area contributed by atoms with E-state index in [0.29, 0.717) is 24.8 Å². The Balaban J connectivity index is 1.54. The zero-order valence-corrected chi connectivity index (χ0v) is 18.3. The number of ether oxygens (including phenoxy) is 1. The fourth-order valence-electron chi connectivity index (χ4n) is 4.10. The van der Waals surface area contributed by atoms with Crippen LogP contribution in [-0.2, 0) is 24.1 Å². The molecule has 1 aliphatic carbocycles. The first-order valence-electron chi connectivity index (χ1n) is 10.2. The van der Waals surface area contributed by atoms with Crippen molar-refractivity contribution in [3.8, 4) is 0 Å². The van der Waals surface area contributed by atoms with E-state index >= 15 is 0 Å². The van der Waals surface area contributed by atoms with E-state index in [9.17, 15) is 9.90 Å². The fraction of sp³-hybridized carbons (Fsp3) is 0.700. The minimum atomic E-state index is -0.446. The molecule has 2 aromatic heterocycles. The molecule has 4 rings (SSSR count). The van der Waals surface area contributed by atoms with Crippen LogP contribution < -0.4 is 5.56 Å². The maximum Gasteiger partial charge on any atom is 0.263 e. The molecule has 0 radical (unpaired) electrons. The molecule has 0 amide bonds. The molecule has 0 unspecified atom stereocenters. The molecule has 2 aliphatic rings. The van der Waals surface area contributed by atoms with Crippen LogP contribution in [0.1, 0.15) is 30.7 Å². The van der Waals surface area contributed by atoms with Gasteiger partial charge < -0.3 is 9.84 Å². The van der Waals surface area contributed by atoms with Crippen molar-refractivity contribution in [2.24, 2.45) is 5.92 Å². The lowest BCUT2D eigenvalue weighted by molar-refractivity contribution is 0.0188. The van der Waals surface area contributed by atoms with Gasteiger partial charge in [-0.25, -0.2) is 4.98 Å². The van der Waals surface area contributed by atoms with Crippen molar-refractivity contribution < 1.29 is 9.84 Å². The Hall–Kier alpha value is -0.930. The third-order valence-corrected chi connectivity index (χ3v) is 7.94. The summed E-state index contributed by atoms with van der Waals surface area (Å²) in [6.07, 6.45) is 2.75. The number of aryl methyl sites for hydroxylation is 1. The maximum atomic E-state index is 13.2. The van der Waals surface area contributed by atoms with E-state index in [1.165, 1.54) is 22.2 Å². The first kappa shape index (κ1) is 20.3. The second-order valence-corrected chi connectivity index (χ2v) is 9.92. The number of rotatable bonds is 6. The van der Waals surface area contributed by atoms with E-state index < -0.39 is 6.10 Å². The van der Waals surface area contributed by atoms with Gasteiger partial charge in [0.1, 0.15) is 4.83 Å². The van der Waals surface area contributed by atoms with Gasteiger partial charge in [0.05, 0.1) is 24.7 Å². The van der Waals surface area contributed by atoms with Crippen molar-refractivity contribution >= 4 is 33.3 Å². The van der Waals surface area contributed by atoms with Crippen LogP contribution in [0.4, 0.5) is 0 Å². The standard InChI is InChI=1S/C20H29N3O3S2/c1-3-23-19(25)17-15-5-4-13(2)10-16(15)28-18(17)21-20(23)27-12-14(24)11-22-6-8-26-9-7-22/h13-14,24H,3-12H2,1-2H3/t13-,14+/m1/s1. The van der Waals surface area contributed by atoms with E-state index in [-0.39, 0.29) is 5.56 Å². The Morgan fingerprint density at radius 1 is 1.39 bits per heavy atom. The van der Waals surface area contributed by atoms with Gasteiger partial charge >= 0.3 is 0 Å². The maximum absolute atomic E-state index is 13.2. The highest BCUT2D eigenvalue weighted by molar-refractivity contribution is 7.99. The van der Waals surface area contributed by atoms with E-state index in [4.69, 9.17) is 9.72 Å². The van der Waals surface area contributed by atoms with E-state index in [1.807, 2.05) is 6.92 Å². The Kier molecular flexibility index (Phi) is 6.42. The highest BCUT2D eigenvalue weighted by Crippen LogP contribution is 2.36. The molecular weight excluding hydrogens is 394 g/mol. The number of nitrogens with zero attached hydrogens (tertiary/aromatic N) is 3. The molecule has 2 aromatic rings. The summed E-state index contributed by atoms with van der Waals surface area (Å²) in [7, 11) is 0. The zero-order valence-electron chi connectivity index (χ0n) is 16.6. The van der Waals surface area contributed by atoms with Gasteiger partial charge in [0.15, 0.2) is 5.16 Å². The Bertz CT molecular complexity index is 889. The number of thioether (sulfide) groups is 1. The summed E-state index contributed by atoms with van der Waals surface area (Å²) in [5, 5.41) is 12.0. The molecule has 0 bridgehead atoms. The summed E-state index contributed by atoms with van der Waals surface area (Å²) in [5.74, 6) is 1.22. The molecule has 0 saturated carbocycles. The lowest BCUT2D eigenvalue weighted by atomic mass is 9.89. The quantitative estimate of drug-likeness (QED) is 0.568. The molecule has 154 valence electrons. The van der Waals surface area contributed by atoms with Gasteiger partial charge in [-0.15, -0.1) is 11.3 Å². The molecule has 3 heterocycles. The van der Waals surface area contributed by atoms with Gasteiger partial charge in [0.25, 0.3) is 5.56 Å². The number of β-amino-alcohol motifs (C(OH)–C–C–N with tert-alkyl or cyclic N) is 1. The molecule has 1 N–H and O–H groups in total. The van der Waals surface area contributed by atoms with Gasteiger partial charge in [-0.1, -0.05) is 18.7 Å². The Morgan fingerprint density at radius 2 is 2.18 bits per heavy atom. The predicted octanol–water partition coefficient (Wildman–Crippen LogP) is 2.39. The van der Waals surface area contributed by atoms with Crippen LogP contribution in [-0.4, -0.2) is 64.3 Å². The molecule has 1 saturated heterocycles. The van der Waals surface area contributed by atoms with Gasteiger partial charge in [-0.05, 0) is 37.7 Å². The minimum Gasteiger partial charge on any atom is -0.391 e. The summed E-state index contributed by atoms with van der Waals surface area (Å²) in [6.45, 7) is 8.71. The SMILES string of the molecule is CCn1c(SC[C@@H](O)CN2CCOCC2)nc2sc3c(c2c1=O)CC[C@@H](C)C3. The summed E-state index contributed by atoms with van der Waals surface area (Å²) in [4.78, 5) is 22.5. The predicted molar refractivity (Wildman–Crippen MR) is 115 cm³/mol. The minimum absolute atomic E-state index is 0.0877. The number of morpholine rings is 1. The van der Waals surface area contributed by atoms with Crippen LogP contribution in [0.5, 0.6) is 0 Å². The second kappa shape index (κ2) is 8.83. The Labute approximate surface area is 173 Å². The van der Waals surface area contributed by atoms with Gasteiger partial charge in [0, 0.05) is 36.8 Å². The van der Waals surface area contributed by atoms with Crippen LogP contribution in [0.25, 0.3) is 10.2 Å². The number of hydrogen-bond donors (Lipinski definition) is 1. The summed E-state index contributed by atoms with van der Waals surface area (Å²) < 4.78 is 7.14. The molecule has 28 heavy (non-hydrogen) atoms. The number of aliphatic hydroxyl groups excluding tert-OH is 1. The van der Waals surface area contributed by atoms with Crippen molar-refractivity contribution in [3.63, 3.8) is 0 Å². The number of aliphatic hydroxyl groups is 1. The van der Waals surface area contributed by atoms with Crippen LogP contribution in [0.15, 0.2) is 9.95 Å². The smallest absolute Gasteiger partial charge is 0.263 e. The average Bonchev–Trinajstić information content (AvgIpc) is 3.04. The van der Waals surface area contributed by atoms with Crippen LogP contribution >= 0.6 is 23.1 Å². The highest BCUT2D eigenvalue weighted by Gasteiger charge is 2.25. The topological polar surface area (TPSA) is 67.6 Å². The second-order valence-electron chi connectivity index (χ2n) is 7.85. The van der Waals surface area contributed by atoms with E-state index in [1.54, 1.807) is 15.9 Å². The van der Waals surface area contributed by atoms with Gasteiger partial charge in [-0.3, -0.25) is 14.3 Å². The molecule has 0 aromatic carbocycles. The lowest BCUT2D eigenvalue weighted by Crippen LogP contribution is -2.41. The molecule has 6 nitrogen and oxygen atoms in total. The number of thiophene rings is 1. The number of hydrogen-bond acceptors (Lipinski definition) is 7. The zero-order chi connectivity index (χ0) is 19.7. The summed E-state index contributed by atoms with van der Waals surface area (Å²) >= 11 is 3.19. The normalized spacial score (nSPS) is 21.8. The average molecular weight is 424 g/mol. The Morgan fingerprint density at radius 3 is 2.93 bits per heavy atom. The third-order valence-electron chi connectivity index (χ3n) is 5.67. The summed E-state index contributed by atoms with van der Waals surface area (Å²) in [5.41, 5.74) is 1.33. The van der Waals surface area contributed by atoms with Crippen molar-refractivity contribution in [2.75, 3.05) is 38.6 Å². The van der Waals surface area contributed by atoms with Crippen molar-refractivity contribution in [3.05, 3.63) is 20.8 Å². The van der Waals surface area contributed by atoms with Crippen molar-refractivity contribution in [2.45, 2.75) is 50.9 Å². The molecule has 2 atom stereocenters. The monoisotopic (exact) mass is 423 g/mol. The van der Waals surface area contributed by atoms with E-state index in [2.05, 4.69) is 11.8 Å². The third kappa shape index (κ3) is 4.16. The van der Waals surface area contributed by atoms with E-state index in [0.717, 1.165) is 60.9 Å². The fourth-order valence-corrected chi connectivity index (χ4v) is 6.50. The first-order chi connectivity index (χ1) is 13.6. The highest BCUT2D eigenvalue weighted by atomic mass is 32.2. The first-order valence-corrected chi connectivity index (χ1v) is 12.0. The van der Waals surface area contributed by atoms with Crippen molar-refractivity contribution in [1.82, 2.24) is 14.5 Å². The number of fused-ring (bicyclic) bond motifs is 3. The molecule has 0 spiro atoms. The largest absolute Gasteiger partial charge is 0.391 e. The van der Waals surface area contributed by atoms with Crippen LogP contribution in [0, 0.1) is 5.92 Å². The van der Waals surface area contributed by atoms with Gasteiger partial charge in [0.2, 0.25) is 0 Å². The molecule has 1 aliphatic heterocycles.